The minimum Gasteiger partial charge on any atom is -0.364 e. The molecule has 0 bridgehead atoms. The van der Waals surface area contributed by atoms with E-state index in [2.05, 4.69) is 63.1 Å². The first-order chi connectivity index (χ1) is 8.43. The molecule has 1 aliphatic rings. The van der Waals surface area contributed by atoms with Gasteiger partial charge in [-0.3, -0.25) is 0 Å². The summed E-state index contributed by atoms with van der Waals surface area (Å²) in [5, 5.41) is 7.15. The summed E-state index contributed by atoms with van der Waals surface area (Å²) in [4.78, 5) is 0. The maximum Gasteiger partial charge on any atom is 0.101 e. The van der Waals surface area contributed by atoms with Crippen LogP contribution in [0, 0.1) is 12.3 Å². The van der Waals surface area contributed by atoms with E-state index in [-0.39, 0.29) is 11.6 Å². The summed E-state index contributed by atoms with van der Waals surface area (Å²) in [6, 6.07) is 6.37. The largest absolute Gasteiger partial charge is 0.364 e. The summed E-state index contributed by atoms with van der Waals surface area (Å²) in [6.45, 7) is 12.6. The molecule has 1 aliphatic heterocycles. The molecule has 0 saturated heterocycles. The number of aryl methyl sites for hydroxylation is 1. The molecule has 1 aromatic rings. The number of fused-ring (bicyclic) bond motifs is 1. The molecule has 2 rings (SSSR count). The molecule has 96 valence electrons. The molecule has 1 atom stereocenters. The molecule has 0 aliphatic carbocycles. The number of hydrogen-bond acceptors (Lipinski definition) is 2. The number of nitrogens with one attached hydrogen (secondary N) is 2. The molecular weight excluding hydrogens is 220 g/mol. The van der Waals surface area contributed by atoms with Gasteiger partial charge in [0.25, 0.3) is 0 Å². The first-order valence-corrected chi connectivity index (χ1v) is 6.39. The number of hydrogen-bond donors (Lipinski definition) is 2. The van der Waals surface area contributed by atoms with Crippen LogP contribution < -0.4 is 10.6 Å². The number of benzene rings is 1. The summed E-state index contributed by atoms with van der Waals surface area (Å²) in [5.41, 5.74) is 5.01. The van der Waals surface area contributed by atoms with Crippen LogP contribution in [0.4, 0.5) is 5.69 Å². The highest BCUT2D eigenvalue weighted by molar-refractivity contribution is 5.81. The third-order valence-electron chi connectivity index (χ3n) is 3.29. The van der Waals surface area contributed by atoms with E-state index in [1.807, 2.05) is 12.2 Å². The van der Waals surface area contributed by atoms with Crippen molar-refractivity contribution in [3.63, 3.8) is 0 Å². The van der Waals surface area contributed by atoms with E-state index < -0.39 is 0 Å². The third kappa shape index (κ3) is 2.28. The predicted octanol–water partition coefficient (Wildman–Crippen LogP) is 3.91. The van der Waals surface area contributed by atoms with Crippen molar-refractivity contribution in [3.05, 3.63) is 48.1 Å². The summed E-state index contributed by atoms with van der Waals surface area (Å²) >= 11 is 0. The molecule has 0 amide bonds. The molecule has 0 radical (unpaired) electrons. The van der Waals surface area contributed by atoms with Gasteiger partial charge in [0.15, 0.2) is 0 Å². The van der Waals surface area contributed by atoms with Crippen molar-refractivity contribution in [2.45, 2.75) is 33.9 Å². The highest BCUT2D eigenvalue weighted by Gasteiger charge is 2.30. The Balaban J connectivity index is 2.51. The Hall–Kier alpha value is -1.70. The Labute approximate surface area is 110 Å². The topological polar surface area (TPSA) is 24.1 Å². The monoisotopic (exact) mass is 242 g/mol. The van der Waals surface area contributed by atoms with Crippen molar-refractivity contribution in [3.8, 4) is 0 Å². The van der Waals surface area contributed by atoms with Crippen LogP contribution in [-0.2, 0) is 0 Å². The second-order valence-electron chi connectivity index (χ2n) is 5.90. The van der Waals surface area contributed by atoms with Gasteiger partial charge in [0.2, 0.25) is 0 Å². The van der Waals surface area contributed by atoms with Crippen molar-refractivity contribution >= 4 is 11.4 Å². The molecule has 1 aromatic carbocycles. The fourth-order valence-electron chi connectivity index (χ4n) is 2.25. The number of allylic oxidation sites excluding steroid dienone is 2. The lowest BCUT2D eigenvalue weighted by Crippen LogP contribution is -2.48. The van der Waals surface area contributed by atoms with Crippen molar-refractivity contribution in [1.29, 1.82) is 0 Å². The highest BCUT2D eigenvalue weighted by atomic mass is 15.2. The summed E-state index contributed by atoms with van der Waals surface area (Å²) in [7, 11) is 0. The van der Waals surface area contributed by atoms with Crippen LogP contribution in [0.5, 0.6) is 0 Å². The maximum atomic E-state index is 3.81. The molecule has 1 unspecified atom stereocenters. The highest BCUT2D eigenvalue weighted by Crippen LogP contribution is 2.34. The van der Waals surface area contributed by atoms with Crippen LogP contribution in [0.3, 0.4) is 0 Å². The molecule has 2 heteroatoms. The van der Waals surface area contributed by atoms with Crippen LogP contribution in [0.25, 0.3) is 5.70 Å². The first-order valence-electron chi connectivity index (χ1n) is 6.39. The minimum absolute atomic E-state index is 0.141. The van der Waals surface area contributed by atoms with Gasteiger partial charge in [-0.25, -0.2) is 0 Å². The Morgan fingerprint density at radius 3 is 2.56 bits per heavy atom. The SMILES string of the molecule is C=C/C=C1/NC(C(C)(C)C)Nc2cccc(C)c21. The Morgan fingerprint density at radius 1 is 1.22 bits per heavy atom. The van der Waals surface area contributed by atoms with Gasteiger partial charge in [-0.1, -0.05) is 45.6 Å². The lowest BCUT2D eigenvalue weighted by Gasteiger charge is -2.39. The Morgan fingerprint density at radius 2 is 1.94 bits per heavy atom. The van der Waals surface area contributed by atoms with E-state index in [4.69, 9.17) is 0 Å². The van der Waals surface area contributed by atoms with Gasteiger partial charge in [-0.15, -0.1) is 0 Å². The van der Waals surface area contributed by atoms with E-state index in [1.54, 1.807) is 0 Å². The van der Waals surface area contributed by atoms with Crippen LogP contribution in [0.1, 0.15) is 31.9 Å². The molecule has 0 spiro atoms. The fourth-order valence-corrected chi connectivity index (χ4v) is 2.25. The lowest BCUT2D eigenvalue weighted by atomic mass is 9.88. The van der Waals surface area contributed by atoms with Gasteiger partial charge in [-0.2, -0.15) is 0 Å². The third-order valence-corrected chi connectivity index (χ3v) is 3.29. The molecule has 2 nitrogen and oxygen atoms in total. The Bertz CT molecular complexity index is 492. The van der Waals surface area contributed by atoms with E-state index in [0.29, 0.717) is 0 Å². The molecule has 0 aromatic heterocycles. The second kappa shape index (κ2) is 4.52. The molecule has 18 heavy (non-hydrogen) atoms. The fraction of sp³-hybridized carbons (Fsp3) is 0.375. The zero-order valence-corrected chi connectivity index (χ0v) is 11.7. The number of anilines is 1. The predicted molar refractivity (Wildman–Crippen MR) is 79.4 cm³/mol. The second-order valence-corrected chi connectivity index (χ2v) is 5.90. The molecule has 1 heterocycles. The van der Waals surface area contributed by atoms with Crippen molar-refractivity contribution in [1.82, 2.24) is 5.32 Å². The van der Waals surface area contributed by atoms with Gasteiger partial charge < -0.3 is 10.6 Å². The van der Waals surface area contributed by atoms with Crippen LogP contribution in [0.2, 0.25) is 0 Å². The molecule has 0 saturated carbocycles. The van der Waals surface area contributed by atoms with Crippen LogP contribution in [-0.4, -0.2) is 6.17 Å². The van der Waals surface area contributed by atoms with E-state index in [0.717, 1.165) is 5.70 Å². The Kier molecular flexibility index (Phi) is 3.20. The van der Waals surface area contributed by atoms with Gasteiger partial charge in [-0.05, 0) is 24.6 Å². The van der Waals surface area contributed by atoms with Crippen molar-refractivity contribution in [2.24, 2.45) is 5.41 Å². The first kappa shape index (κ1) is 12.7. The lowest BCUT2D eigenvalue weighted by molar-refractivity contribution is 0.317. The molecular formula is C16H22N2. The van der Waals surface area contributed by atoms with Crippen LogP contribution in [0.15, 0.2) is 36.9 Å². The maximum absolute atomic E-state index is 3.81. The summed E-state index contributed by atoms with van der Waals surface area (Å²) < 4.78 is 0. The average Bonchev–Trinajstić information content (AvgIpc) is 2.28. The van der Waals surface area contributed by atoms with Gasteiger partial charge in [0, 0.05) is 22.4 Å². The molecule has 0 fully saturated rings. The van der Waals surface area contributed by atoms with Gasteiger partial charge in [0.1, 0.15) is 6.17 Å². The van der Waals surface area contributed by atoms with E-state index >= 15 is 0 Å². The number of rotatable bonds is 1. The average molecular weight is 242 g/mol. The standard InChI is InChI=1S/C16H22N2/c1-6-8-12-14-11(2)9-7-10-13(14)18-15(17-12)16(3,4)5/h6-10,15,17-18H,1H2,2-5H3/b12-8+. The van der Waals surface area contributed by atoms with Crippen LogP contribution >= 0.6 is 0 Å². The van der Waals surface area contributed by atoms with Crippen molar-refractivity contribution in [2.75, 3.05) is 5.32 Å². The normalized spacial score (nSPS) is 20.9. The smallest absolute Gasteiger partial charge is 0.101 e. The zero-order chi connectivity index (χ0) is 13.3. The minimum atomic E-state index is 0.141. The van der Waals surface area contributed by atoms with E-state index in [9.17, 15) is 0 Å². The van der Waals surface area contributed by atoms with Gasteiger partial charge >= 0.3 is 0 Å². The van der Waals surface area contributed by atoms with E-state index in [1.165, 1.54) is 16.8 Å². The molecule has 2 N–H and O–H groups in total. The van der Waals surface area contributed by atoms with Gasteiger partial charge in [0.05, 0.1) is 0 Å². The quantitative estimate of drug-likeness (QED) is 0.780. The zero-order valence-electron chi connectivity index (χ0n) is 11.7. The van der Waals surface area contributed by atoms with Crippen molar-refractivity contribution < 1.29 is 0 Å². The summed E-state index contributed by atoms with van der Waals surface area (Å²) in [5.74, 6) is 0. The summed E-state index contributed by atoms with van der Waals surface area (Å²) in [6.07, 6.45) is 4.10.